The monoisotopic (exact) mass is 325 g/mol. The van der Waals surface area contributed by atoms with Crippen molar-refractivity contribution >= 4 is 23.4 Å². The second kappa shape index (κ2) is 6.44. The molecule has 0 heterocycles. The van der Waals surface area contributed by atoms with Crippen molar-refractivity contribution < 1.29 is 18.0 Å². The molecular weight excluding hydrogens is 311 g/mol. The van der Waals surface area contributed by atoms with Crippen LogP contribution in [0.2, 0.25) is 0 Å². The number of alkyl halides is 3. The van der Waals surface area contributed by atoms with Gasteiger partial charge in [0, 0.05) is 15.5 Å². The molecule has 2 aromatic rings. The van der Waals surface area contributed by atoms with E-state index >= 15 is 0 Å². The number of hydrogen-bond acceptors (Lipinski definition) is 2. The third kappa shape index (κ3) is 4.27. The first-order chi connectivity index (χ1) is 10.3. The van der Waals surface area contributed by atoms with E-state index < -0.39 is 12.1 Å². The van der Waals surface area contributed by atoms with E-state index in [0.29, 0.717) is 0 Å². The van der Waals surface area contributed by atoms with Crippen molar-refractivity contribution in [2.45, 2.75) is 29.8 Å². The van der Waals surface area contributed by atoms with E-state index in [-0.39, 0.29) is 5.69 Å². The van der Waals surface area contributed by atoms with Crippen LogP contribution >= 0.6 is 11.8 Å². The van der Waals surface area contributed by atoms with E-state index in [1.165, 1.54) is 29.5 Å². The van der Waals surface area contributed by atoms with Crippen molar-refractivity contribution in [1.82, 2.24) is 0 Å². The number of aryl methyl sites for hydroxylation is 2. The maximum Gasteiger partial charge on any atom is 0.471 e. The van der Waals surface area contributed by atoms with Crippen LogP contribution in [0.4, 0.5) is 18.9 Å². The fourth-order valence-electron chi connectivity index (χ4n) is 1.85. The molecule has 22 heavy (non-hydrogen) atoms. The molecule has 0 aliphatic rings. The van der Waals surface area contributed by atoms with Crippen LogP contribution in [-0.2, 0) is 4.79 Å². The number of amides is 1. The Balaban J connectivity index is 2.07. The second-order valence-corrected chi connectivity index (χ2v) is 5.96. The smallest absolute Gasteiger partial charge is 0.318 e. The SMILES string of the molecule is Cc1ccc(Sc2ccc(NC(=O)C(F)(F)F)cc2)c(C)c1. The lowest BCUT2D eigenvalue weighted by molar-refractivity contribution is -0.167. The molecule has 116 valence electrons. The average Bonchev–Trinajstić information content (AvgIpc) is 2.43. The van der Waals surface area contributed by atoms with Gasteiger partial charge in [-0.15, -0.1) is 0 Å². The molecule has 0 spiro atoms. The maximum absolute atomic E-state index is 12.2. The summed E-state index contributed by atoms with van der Waals surface area (Å²) in [4.78, 5) is 12.8. The molecule has 1 N–H and O–H groups in total. The number of nitrogens with one attached hydrogen (secondary N) is 1. The first kappa shape index (κ1) is 16.4. The van der Waals surface area contributed by atoms with E-state index in [9.17, 15) is 18.0 Å². The number of halogens is 3. The largest absolute Gasteiger partial charge is 0.471 e. The minimum absolute atomic E-state index is 0.118. The molecule has 0 saturated carbocycles. The van der Waals surface area contributed by atoms with Gasteiger partial charge in [0.25, 0.3) is 0 Å². The molecule has 0 radical (unpaired) electrons. The van der Waals surface area contributed by atoms with Crippen LogP contribution in [0.1, 0.15) is 11.1 Å². The predicted molar refractivity (Wildman–Crippen MR) is 81.2 cm³/mol. The van der Waals surface area contributed by atoms with Crippen molar-refractivity contribution in [1.29, 1.82) is 0 Å². The molecule has 0 fully saturated rings. The molecule has 0 saturated heterocycles. The van der Waals surface area contributed by atoms with Crippen molar-refractivity contribution in [3.63, 3.8) is 0 Å². The van der Waals surface area contributed by atoms with Gasteiger partial charge in [0.05, 0.1) is 0 Å². The third-order valence-electron chi connectivity index (χ3n) is 2.93. The highest BCUT2D eigenvalue weighted by Crippen LogP contribution is 2.31. The molecule has 2 nitrogen and oxygen atoms in total. The van der Waals surface area contributed by atoms with E-state index in [1.54, 1.807) is 12.1 Å². The quantitative estimate of drug-likeness (QED) is 0.864. The Labute approximate surface area is 130 Å². The summed E-state index contributed by atoms with van der Waals surface area (Å²) >= 11 is 1.52. The van der Waals surface area contributed by atoms with Crippen LogP contribution in [0.25, 0.3) is 0 Å². The Morgan fingerprint density at radius 1 is 1.05 bits per heavy atom. The molecule has 0 aliphatic heterocycles. The molecule has 0 aromatic heterocycles. The molecule has 6 heteroatoms. The van der Waals surface area contributed by atoms with E-state index in [1.807, 2.05) is 31.3 Å². The van der Waals surface area contributed by atoms with Crippen molar-refractivity contribution in [3.05, 3.63) is 53.6 Å². The zero-order valence-electron chi connectivity index (χ0n) is 12.0. The Kier molecular flexibility index (Phi) is 4.81. The van der Waals surface area contributed by atoms with E-state index in [4.69, 9.17) is 0 Å². The van der Waals surface area contributed by atoms with Crippen molar-refractivity contribution in [2.24, 2.45) is 0 Å². The van der Waals surface area contributed by atoms with Gasteiger partial charge in [0.1, 0.15) is 0 Å². The van der Waals surface area contributed by atoms with Gasteiger partial charge in [-0.25, -0.2) is 0 Å². The summed E-state index contributed by atoms with van der Waals surface area (Å²) in [5.74, 6) is -1.97. The molecule has 0 unspecified atom stereocenters. The lowest BCUT2D eigenvalue weighted by atomic mass is 10.2. The normalized spacial score (nSPS) is 11.3. The van der Waals surface area contributed by atoms with Crippen LogP contribution in [0.3, 0.4) is 0 Å². The van der Waals surface area contributed by atoms with Gasteiger partial charge >= 0.3 is 12.1 Å². The lowest BCUT2D eigenvalue weighted by Gasteiger charge is -2.09. The molecule has 0 atom stereocenters. The summed E-state index contributed by atoms with van der Waals surface area (Å²) in [6.45, 7) is 4.02. The van der Waals surface area contributed by atoms with Crippen LogP contribution in [0.5, 0.6) is 0 Å². The number of carbonyl (C=O) groups is 1. The molecule has 0 bridgehead atoms. The minimum Gasteiger partial charge on any atom is -0.318 e. The zero-order valence-corrected chi connectivity index (χ0v) is 12.8. The fourth-order valence-corrected chi connectivity index (χ4v) is 2.73. The van der Waals surface area contributed by atoms with Crippen LogP contribution in [0.15, 0.2) is 52.3 Å². The Morgan fingerprint density at radius 3 is 2.23 bits per heavy atom. The molecular formula is C16H14F3NOS. The number of carbonyl (C=O) groups excluding carboxylic acids is 1. The summed E-state index contributed by atoms with van der Waals surface area (Å²) in [5, 5.41) is 1.82. The summed E-state index contributed by atoms with van der Waals surface area (Å²) in [6, 6.07) is 12.3. The molecule has 2 aromatic carbocycles. The fraction of sp³-hybridized carbons (Fsp3) is 0.188. The minimum atomic E-state index is -4.88. The standard InChI is InChI=1S/C16H14F3NOS/c1-10-3-8-14(11(2)9-10)22-13-6-4-12(5-7-13)20-15(21)16(17,18)19/h3-9H,1-2H3,(H,20,21). The summed E-state index contributed by atoms with van der Waals surface area (Å²) in [7, 11) is 0. The number of benzene rings is 2. The van der Waals surface area contributed by atoms with Crippen molar-refractivity contribution in [2.75, 3.05) is 5.32 Å². The lowest BCUT2D eigenvalue weighted by Crippen LogP contribution is -2.29. The highest BCUT2D eigenvalue weighted by Gasteiger charge is 2.38. The Bertz CT molecular complexity index is 681. The summed E-state index contributed by atoms with van der Waals surface area (Å²) < 4.78 is 36.5. The van der Waals surface area contributed by atoms with E-state index in [2.05, 4.69) is 6.07 Å². The zero-order chi connectivity index (χ0) is 16.3. The third-order valence-corrected chi connectivity index (χ3v) is 4.11. The highest BCUT2D eigenvalue weighted by molar-refractivity contribution is 7.99. The van der Waals surface area contributed by atoms with Gasteiger partial charge in [0.2, 0.25) is 0 Å². The highest BCUT2D eigenvalue weighted by atomic mass is 32.2. The molecule has 0 aliphatic carbocycles. The summed E-state index contributed by atoms with van der Waals surface area (Å²) in [5.41, 5.74) is 2.43. The number of anilines is 1. The van der Waals surface area contributed by atoms with Crippen LogP contribution in [0, 0.1) is 13.8 Å². The van der Waals surface area contributed by atoms with Gasteiger partial charge in [-0.05, 0) is 49.7 Å². The molecule has 2 rings (SSSR count). The number of hydrogen-bond donors (Lipinski definition) is 1. The first-order valence-corrected chi connectivity index (χ1v) is 7.31. The van der Waals surface area contributed by atoms with E-state index in [0.717, 1.165) is 15.4 Å². The number of rotatable bonds is 3. The first-order valence-electron chi connectivity index (χ1n) is 6.49. The Morgan fingerprint density at radius 2 is 1.68 bits per heavy atom. The maximum atomic E-state index is 12.2. The van der Waals surface area contributed by atoms with Gasteiger partial charge in [-0.3, -0.25) is 4.79 Å². The molecule has 1 amide bonds. The summed E-state index contributed by atoms with van der Waals surface area (Å²) in [6.07, 6.45) is -4.88. The van der Waals surface area contributed by atoms with Gasteiger partial charge < -0.3 is 5.32 Å². The Hall–Kier alpha value is -1.95. The van der Waals surface area contributed by atoms with Gasteiger partial charge in [-0.1, -0.05) is 29.5 Å². The predicted octanol–water partition coefficient (Wildman–Crippen LogP) is 4.96. The second-order valence-electron chi connectivity index (χ2n) is 4.85. The van der Waals surface area contributed by atoms with Crippen LogP contribution in [-0.4, -0.2) is 12.1 Å². The van der Waals surface area contributed by atoms with Gasteiger partial charge in [-0.2, -0.15) is 13.2 Å². The van der Waals surface area contributed by atoms with Crippen LogP contribution < -0.4 is 5.32 Å². The topological polar surface area (TPSA) is 29.1 Å². The van der Waals surface area contributed by atoms with Gasteiger partial charge in [0.15, 0.2) is 0 Å². The van der Waals surface area contributed by atoms with Crippen molar-refractivity contribution in [3.8, 4) is 0 Å². The average molecular weight is 325 g/mol.